The van der Waals surface area contributed by atoms with Crippen molar-refractivity contribution in [2.24, 2.45) is 5.92 Å². The molecule has 152 valence electrons. The van der Waals surface area contributed by atoms with E-state index < -0.39 is 0 Å². The maximum Gasteiger partial charge on any atom is 0.312 e. The normalized spacial score (nSPS) is 23.6. The highest BCUT2D eigenvalue weighted by Gasteiger charge is 2.48. The predicted molar refractivity (Wildman–Crippen MR) is 102 cm³/mol. The van der Waals surface area contributed by atoms with Crippen LogP contribution in [0.4, 0.5) is 5.69 Å². The van der Waals surface area contributed by atoms with Crippen LogP contribution in [0.5, 0.6) is 28.7 Å². The summed E-state index contributed by atoms with van der Waals surface area (Å²) in [6, 6.07) is 7.48. The number of hydrogen-bond acceptors (Lipinski definition) is 8. The summed E-state index contributed by atoms with van der Waals surface area (Å²) in [5, 5.41) is 3.43. The lowest BCUT2D eigenvalue weighted by molar-refractivity contribution is -0.141. The number of carbonyl (C=O) groups excluding carboxylic acids is 1. The molecule has 1 N–H and O–H groups in total. The first kappa shape index (κ1) is 17.8. The number of ether oxygens (including phenoxy) is 6. The van der Waals surface area contributed by atoms with Gasteiger partial charge in [0.15, 0.2) is 23.0 Å². The molecule has 2 aromatic rings. The van der Waals surface area contributed by atoms with Gasteiger partial charge in [0.25, 0.3) is 0 Å². The Hall–Kier alpha value is -3.29. The lowest BCUT2D eigenvalue weighted by Gasteiger charge is -2.35. The monoisotopic (exact) mass is 399 g/mol. The predicted octanol–water partition coefficient (Wildman–Crippen LogP) is 2.54. The van der Waals surface area contributed by atoms with Crippen molar-refractivity contribution in [1.29, 1.82) is 0 Å². The summed E-state index contributed by atoms with van der Waals surface area (Å²) in [5.41, 5.74) is 2.70. The van der Waals surface area contributed by atoms with Gasteiger partial charge >= 0.3 is 5.97 Å². The molecule has 3 unspecified atom stereocenters. The lowest BCUT2D eigenvalue weighted by atomic mass is 9.74. The van der Waals surface area contributed by atoms with Crippen molar-refractivity contribution >= 4 is 11.7 Å². The first-order valence-electron chi connectivity index (χ1n) is 9.31. The van der Waals surface area contributed by atoms with Crippen molar-refractivity contribution < 1.29 is 33.2 Å². The van der Waals surface area contributed by atoms with E-state index in [2.05, 4.69) is 5.32 Å². The first-order valence-corrected chi connectivity index (χ1v) is 9.31. The average molecular weight is 399 g/mol. The Bertz CT molecular complexity index is 964. The second-order valence-electron chi connectivity index (χ2n) is 7.14. The van der Waals surface area contributed by atoms with Gasteiger partial charge in [-0.05, 0) is 29.3 Å². The van der Waals surface area contributed by atoms with Gasteiger partial charge in [0.1, 0.15) is 6.61 Å². The average Bonchev–Trinajstić information content (AvgIpc) is 3.35. The van der Waals surface area contributed by atoms with Gasteiger partial charge < -0.3 is 33.7 Å². The van der Waals surface area contributed by atoms with Crippen molar-refractivity contribution in [3.05, 3.63) is 35.4 Å². The van der Waals surface area contributed by atoms with Crippen molar-refractivity contribution in [2.45, 2.75) is 12.0 Å². The first-order chi connectivity index (χ1) is 14.1. The van der Waals surface area contributed by atoms with E-state index in [4.69, 9.17) is 28.4 Å². The number of benzene rings is 2. The highest BCUT2D eigenvalue weighted by Crippen LogP contribution is 2.51. The third-order valence-electron chi connectivity index (χ3n) is 5.74. The Morgan fingerprint density at radius 1 is 0.931 bits per heavy atom. The van der Waals surface area contributed by atoms with E-state index in [0.29, 0.717) is 35.4 Å². The van der Waals surface area contributed by atoms with Crippen LogP contribution in [0.1, 0.15) is 17.0 Å². The minimum absolute atomic E-state index is 0.139. The fourth-order valence-electron chi connectivity index (χ4n) is 4.44. The zero-order valence-electron chi connectivity index (χ0n) is 16.3. The number of fused-ring (bicyclic) bond motifs is 3. The Labute approximate surface area is 167 Å². The van der Waals surface area contributed by atoms with Crippen LogP contribution in [0.15, 0.2) is 24.3 Å². The second-order valence-corrected chi connectivity index (χ2v) is 7.14. The minimum atomic E-state index is -0.384. The van der Waals surface area contributed by atoms with Crippen LogP contribution in [-0.4, -0.2) is 46.7 Å². The molecule has 1 saturated heterocycles. The van der Waals surface area contributed by atoms with Gasteiger partial charge in [0.2, 0.25) is 12.5 Å². The fraction of sp³-hybridized carbons (Fsp3) is 0.381. The zero-order valence-corrected chi connectivity index (χ0v) is 16.3. The summed E-state index contributed by atoms with van der Waals surface area (Å²) in [7, 11) is 4.70. The Balaban J connectivity index is 1.71. The molecule has 0 radical (unpaired) electrons. The largest absolute Gasteiger partial charge is 0.493 e. The molecule has 0 bridgehead atoms. The lowest BCUT2D eigenvalue weighted by Crippen LogP contribution is -2.38. The SMILES string of the molecule is COc1cc(C2c3cc4c(cc3NC3COC(=O)C32)OCO4)cc(OC)c1OC. The summed E-state index contributed by atoms with van der Waals surface area (Å²) >= 11 is 0. The number of carbonyl (C=O) groups is 1. The smallest absolute Gasteiger partial charge is 0.312 e. The molecule has 8 heteroatoms. The molecule has 0 amide bonds. The molecular weight excluding hydrogens is 378 g/mol. The molecule has 0 aliphatic carbocycles. The molecule has 1 fully saturated rings. The summed E-state index contributed by atoms with van der Waals surface area (Å²) in [6.07, 6.45) is 0. The van der Waals surface area contributed by atoms with E-state index in [1.54, 1.807) is 21.3 Å². The van der Waals surface area contributed by atoms with E-state index in [9.17, 15) is 4.79 Å². The van der Waals surface area contributed by atoms with E-state index >= 15 is 0 Å². The minimum Gasteiger partial charge on any atom is -0.493 e. The summed E-state index contributed by atoms with van der Waals surface area (Å²) in [6.45, 7) is 0.500. The molecule has 0 spiro atoms. The van der Waals surface area contributed by atoms with Crippen LogP contribution >= 0.6 is 0 Å². The number of anilines is 1. The van der Waals surface area contributed by atoms with Gasteiger partial charge in [0, 0.05) is 17.7 Å². The molecule has 0 saturated carbocycles. The topological polar surface area (TPSA) is 84.5 Å². The summed E-state index contributed by atoms with van der Waals surface area (Å²) < 4.78 is 33.0. The molecule has 29 heavy (non-hydrogen) atoms. The maximum absolute atomic E-state index is 12.7. The zero-order chi connectivity index (χ0) is 20.1. The van der Waals surface area contributed by atoms with Crippen molar-refractivity contribution in [2.75, 3.05) is 40.0 Å². The number of hydrogen-bond donors (Lipinski definition) is 1. The number of cyclic esters (lactones) is 1. The number of esters is 1. The Kier molecular flexibility index (Phi) is 4.08. The highest BCUT2D eigenvalue weighted by molar-refractivity contribution is 5.82. The van der Waals surface area contributed by atoms with Gasteiger partial charge in [-0.3, -0.25) is 4.79 Å². The van der Waals surface area contributed by atoms with Gasteiger partial charge in [-0.1, -0.05) is 0 Å². The number of methoxy groups -OCH3 is 3. The third-order valence-corrected chi connectivity index (χ3v) is 5.74. The second kappa shape index (κ2) is 6.65. The summed E-state index contributed by atoms with van der Waals surface area (Å²) in [4.78, 5) is 12.7. The number of nitrogens with one attached hydrogen (secondary N) is 1. The van der Waals surface area contributed by atoms with Crippen LogP contribution < -0.4 is 29.0 Å². The number of rotatable bonds is 4. The molecule has 5 rings (SSSR count). The molecule has 2 aromatic carbocycles. The molecule has 3 aliphatic heterocycles. The van der Waals surface area contributed by atoms with Crippen molar-refractivity contribution in [3.8, 4) is 28.7 Å². The molecule has 8 nitrogen and oxygen atoms in total. The van der Waals surface area contributed by atoms with E-state index in [1.165, 1.54) is 0 Å². The van der Waals surface area contributed by atoms with Gasteiger partial charge in [-0.15, -0.1) is 0 Å². The van der Waals surface area contributed by atoms with Crippen molar-refractivity contribution in [3.63, 3.8) is 0 Å². The molecule has 3 aliphatic rings. The highest BCUT2D eigenvalue weighted by atomic mass is 16.7. The van der Waals surface area contributed by atoms with E-state index in [1.807, 2.05) is 24.3 Å². The van der Waals surface area contributed by atoms with Crippen molar-refractivity contribution in [1.82, 2.24) is 0 Å². The van der Waals surface area contributed by atoms with Crippen LogP contribution in [0.25, 0.3) is 0 Å². The fourth-order valence-corrected chi connectivity index (χ4v) is 4.44. The van der Waals surface area contributed by atoms with Crippen LogP contribution in [0.3, 0.4) is 0 Å². The Morgan fingerprint density at radius 2 is 1.62 bits per heavy atom. The van der Waals surface area contributed by atoms with E-state index in [0.717, 1.165) is 16.8 Å². The van der Waals surface area contributed by atoms with Gasteiger partial charge in [-0.25, -0.2) is 0 Å². The maximum atomic E-state index is 12.7. The summed E-state index contributed by atoms with van der Waals surface area (Å²) in [5.74, 6) is 2.03. The van der Waals surface area contributed by atoms with Crippen LogP contribution in [-0.2, 0) is 9.53 Å². The van der Waals surface area contributed by atoms with Gasteiger partial charge in [-0.2, -0.15) is 0 Å². The third kappa shape index (κ3) is 2.62. The van der Waals surface area contributed by atoms with Crippen LogP contribution in [0.2, 0.25) is 0 Å². The molecule has 3 atom stereocenters. The quantitative estimate of drug-likeness (QED) is 0.786. The molecular formula is C21H21NO7. The molecule has 3 heterocycles. The standard InChI is InChI=1S/C21H21NO7/c1-24-16-4-10(5-17(25-2)20(16)26-3)18-11-6-14-15(29-9-28-14)7-12(11)22-13-8-27-21(23)19(13)18/h4-7,13,18-19,22H,8-9H2,1-3H3. The molecule has 0 aromatic heterocycles. The Morgan fingerprint density at radius 3 is 2.28 bits per heavy atom. The van der Waals surface area contributed by atoms with Crippen LogP contribution in [0, 0.1) is 5.92 Å². The van der Waals surface area contributed by atoms with Gasteiger partial charge in [0.05, 0.1) is 33.3 Å². The van der Waals surface area contributed by atoms with E-state index in [-0.39, 0.29) is 30.6 Å².